The molecule has 0 aliphatic carbocycles. The van der Waals surface area contributed by atoms with Gasteiger partial charge in [-0.3, -0.25) is 0 Å². The molecule has 0 radical (unpaired) electrons. The van der Waals surface area contributed by atoms with Crippen molar-refractivity contribution in [3.63, 3.8) is 0 Å². The van der Waals surface area contributed by atoms with E-state index in [1.807, 2.05) is 0 Å². The summed E-state index contributed by atoms with van der Waals surface area (Å²) in [6.07, 6.45) is -4.60. The van der Waals surface area contributed by atoms with Crippen LogP contribution in [0.2, 0.25) is 0 Å². The summed E-state index contributed by atoms with van der Waals surface area (Å²) in [5, 5.41) is 2.66. The third kappa shape index (κ3) is 1.74. The van der Waals surface area contributed by atoms with E-state index < -0.39 is 17.8 Å². The van der Waals surface area contributed by atoms with Crippen molar-refractivity contribution in [3.8, 4) is 5.75 Å². The number of ether oxygens (including phenoxy) is 1. The van der Waals surface area contributed by atoms with Gasteiger partial charge in [0, 0.05) is 0 Å². The largest absolute Gasteiger partial charge is 0.486 e. The molecule has 8 heteroatoms. The first kappa shape index (κ1) is 9.81. The van der Waals surface area contributed by atoms with Gasteiger partial charge in [-0.15, -0.1) is 0 Å². The maximum atomic E-state index is 12.5. The number of alkyl halides is 3. The normalized spacial score (nSPS) is 15.1. The number of rotatable bonds is 0. The lowest BCUT2D eigenvalue weighted by Crippen LogP contribution is -2.24. The summed E-state index contributed by atoms with van der Waals surface area (Å²) in [7, 11) is 0. The fourth-order valence-corrected chi connectivity index (χ4v) is 1.24. The van der Waals surface area contributed by atoms with Crippen molar-refractivity contribution in [2.75, 3.05) is 24.2 Å². The summed E-state index contributed by atoms with van der Waals surface area (Å²) < 4.78 is 42.4. The van der Waals surface area contributed by atoms with Gasteiger partial charge in [-0.2, -0.15) is 18.2 Å². The van der Waals surface area contributed by atoms with E-state index in [-0.39, 0.29) is 18.2 Å². The number of hydrogen-bond acceptors (Lipinski definition) is 5. The minimum atomic E-state index is -4.60. The van der Waals surface area contributed by atoms with Crippen LogP contribution < -0.4 is 15.8 Å². The van der Waals surface area contributed by atoms with E-state index in [1.54, 1.807) is 0 Å². The molecule has 0 fully saturated rings. The Hall–Kier alpha value is -1.73. The summed E-state index contributed by atoms with van der Waals surface area (Å²) in [5.41, 5.74) is 4.02. The predicted octanol–water partition coefficient (Wildman–Crippen LogP) is 0.882. The molecule has 1 aromatic rings. The lowest BCUT2D eigenvalue weighted by molar-refractivity contribution is -0.142. The highest BCUT2D eigenvalue weighted by Crippen LogP contribution is 2.39. The Bertz CT molecular complexity index is 393. The van der Waals surface area contributed by atoms with E-state index in [2.05, 4.69) is 15.3 Å². The fraction of sp³-hybridized carbons (Fsp3) is 0.429. The van der Waals surface area contributed by atoms with E-state index in [9.17, 15) is 13.2 Å². The van der Waals surface area contributed by atoms with Gasteiger partial charge in [0.05, 0.1) is 6.54 Å². The van der Waals surface area contributed by atoms with Crippen LogP contribution in [0.15, 0.2) is 0 Å². The molecule has 0 saturated heterocycles. The van der Waals surface area contributed by atoms with Crippen LogP contribution in [0, 0.1) is 0 Å². The molecule has 1 aromatic heterocycles. The van der Waals surface area contributed by atoms with Crippen LogP contribution in [0.3, 0.4) is 0 Å². The van der Waals surface area contributed by atoms with Crippen molar-refractivity contribution >= 4 is 11.8 Å². The zero-order valence-electron chi connectivity index (χ0n) is 7.43. The number of nitrogens with zero attached hydrogens (tertiary/aromatic N) is 2. The number of nitrogen functional groups attached to an aromatic ring is 1. The van der Waals surface area contributed by atoms with Crippen LogP contribution in [0.5, 0.6) is 5.75 Å². The molecule has 0 spiro atoms. The van der Waals surface area contributed by atoms with E-state index >= 15 is 0 Å². The lowest BCUT2D eigenvalue weighted by atomic mass is 10.3. The Labute approximate surface area is 82.5 Å². The highest BCUT2D eigenvalue weighted by molar-refractivity contribution is 5.57. The fourth-order valence-electron chi connectivity index (χ4n) is 1.24. The van der Waals surface area contributed by atoms with Gasteiger partial charge < -0.3 is 15.8 Å². The van der Waals surface area contributed by atoms with Gasteiger partial charge in [-0.1, -0.05) is 0 Å². The second kappa shape index (κ2) is 3.14. The molecule has 0 amide bonds. The predicted molar refractivity (Wildman–Crippen MR) is 45.4 cm³/mol. The highest BCUT2D eigenvalue weighted by Gasteiger charge is 2.39. The molecule has 1 aliphatic rings. The summed E-state index contributed by atoms with van der Waals surface area (Å²) in [6.45, 7) is 0.532. The topological polar surface area (TPSA) is 73.1 Å². The molecule has 1 aliphatic heterocycles. The number of nitrogens with two attached hydrogens (primary N) is 1. The van der Waals surface area contributed by atoms with Crippen LogP contribution in [-0.4, -0.2) is 23.1 Å². The van der Waals surface area contributed by atoms with Crippen LogP contribution in [-0.2, 0) is 6.18 Å². The smallest absolute Gasteiger partial charge is 0.437 e. The van der Waals surface area contributed by atoms with Gasteiger partial charge in [0.1, 0.15) is 6.61 Å². The number of aromatic nitrogens is 2. The Balaban J connectivity index is 2.58. The minimum absolute atomic E-state index is 0.0129. The summed E-state index contributed by atoms with van der Waals surface area (Å²) in [5.74, 6) is -0.830. The van der Waals surface area contributed by atoms with Crippen molar-refractivity contribution in [3.05, 3.63) is 5.69 Å². The van der Waals surface area contributed by atoms with Gasteiger partial charge in [0.2, 0.25) is 5.95 Å². The summed E-state index contributed by atoms with van der Waals surface area (Å²) in [4.78, 5) is 6.75. The molecule has 0 atom stereocenters. The van der Waals surface area contributed by atoms with Gasteiger partial charge in [-0.05, 0) is 0 Å². The third-order valence-corrected chi connectivity index (χ3v) is 1.79. The number of fused-ring (bicyclic) bond motifs is 1. The highest BCUT2D eigenvalue weighted by atomic mass is 19.4. The maximum Gasteiger partial charge on any atom is 0.437 e. The Morgan fingerprint density at radius 2 is 2.07 bits per heavy atom. The molecule has 0 aromatic carbocycles. The first-order chi connectivity index (χ1) is 6.98. The van der Waals surface area contributed by atoms with Crippen molar-refractivity contribution in [2.45, 2.75) is 6.18 Å². The molecule has 0 unspecified atom stereocenters. The second-order valence-corrected chi connectivity index (χ2v) is 2.88. The standard InChI is InChI=1S/C7H7F3N4O/c8-7(9,10)4-3-5(12-1-2-15-3)14-6(11)13-4/h1-2H2,(H3,11,12,13,14). The molecule has 0 saturated carbocycles. The second-order valence-electron chi connectivity index (χ2n) is 2.88. The van der Waals surface area contributed by atoms with Crippen molar-refractivity contribution in [1.29, 1.82) is 0 Å². The minimum Gasteiger partial charge on any atom is -0.486 e. The zero-order valence-corrected chi connectivity index (χ0v) is 7.43. The molecule has 3 N–H and O–H groups in total. The zero-order chi connectivity index (χ0) is 11.1. The maximum absolute atomic E-state index is 12.5. The van der Waals surface area contributed by atoms with E-state index in [1.165, 1.54) is 0 Å². The summed E-state index contributed by atoms with van der Waals surface area (Å²) in [6, 6.07) is 0. The monoisotopic (exact) mass is 220 g/mol. The van der Waals surface area contributed by atoms with Crippen LogP contribution >= 0.6 is 0 Å². The van der Waals surface area contributed by atoms with Crippen LogP contribution in [0.4, 0.5) is 24.9 Å². The van der Waals surface area contributed by atoms with Gasteiger partial charge in [0.25, 0.3) is 0 Å². The number of anilines is 2. The average molecular weight is 220 g/mol. The van der Waals surface area contributed by atoms with Gasteiger partial charge >= 0.3 is 6.18 Å². The average Bonchev–Trinajstić information content (AvgIpc) is 2.15. The van der Waals surface area contributed by atoms with Crippen molar-refractivity contribution in [2.24, 2.45) is 0 Å². The van der Waals surface area contributed by atoms with E-state index in [4.69, 9.17) is 10.5 Å². The first-order valence-corrected chi connectivity index (χ1v) is 4.10. The quantitative estimate of drug-likeness (QED) is 0.679. The molecular formula is C7H7F3N4O. The Morgan fingerprint density at radius 1 is 1.33 bits per heavy atom. The number of hydrogen-bond donors (Lipinski definition) is 2. The molecule has 0 bridgehead atoms. The Morgan fingerprint density at radius 3 is 2.73 bits per heavy atom. The molecule has 15 heavy (non-hydrogen) atoms. The Kier molecular flexibility index (Phi) is 2.06. The first-order valence-electron chi connectivity index (χ1n) is 4.10. The number of nitrogens with one attached hydrogen (secondary N) is 1. The number of halogens is 3. The molecule has 2 rings (SSSR count). The molecular weight excluding hydrogens is 213 g/mol. The van der Waals surface area contributed by atoms with Crippen molar-refractivity contribution in [1.82, 2.24) is 9.97 Å². The molecule has 5 nitrogen and oxygen atoms in total. The third-order valence-electron chi connectivity index (χ3n) is 1.79. The summed E-state index contributed by atoms with van der Waals surface area (Å²) >= 11 is 0. The molecule has 2 heterocycles. The van der Waals surface area contributed by atoms with Crippen molar-refractivity contribution < 1.29 is 17.9 Å². The van der Waals surface area contributed by atoms with E-state index in [0.29, 0.717) is 6.54 Å². The van der Waals surface area contributed by atoms with Crippen LogP contribution in [0.1, 0.15) is 5.69 Å². The van der Waals surface area contributed by atoms with E-state index in [0.717, 1.165) is 0 Å². The molecule has 82 valence electrons. The van der Waals surface area contributed by atoms with Gasteiger partial charge in [0.15, 0.2) is 17.3 Å². The van der Waals surface area contributed by atoms with Gasteiger partial charge in [-0.25, -0.2) is 4.98 Å². The SMILES string of the molecule is Nc1nc2c(c(C(F)(F)F)n1)OCCN2. The lowest BCUT2D eigenvalue weighted by Gasteiger charge is -2.21. The van der Waals surface area contributed by atoms with Crippen LogP contribution in [0.25, 0.3) is 0 Å².